The third-order valence-electron chi connectivity index (χ3n) is 4.90. The number of imide groups is 1. The Labute approximate surface area is 195 Å². The third-order valence-corrected chi connectivity index (χ3v) is 5.81. The largest absolute Gasteiger partial charge is 0.491 e. The van der Waals surface area contributed by atoms with E-state index in [0.29, 0.717) is 16.2 Å². The van der Waals surface area contributed by atoms with Crippen molar-refractivity contribution in [2.45, 2.75) is 13.8 Å². The number of furan rings is 1. The van der Waals surface area contributed by atoms with E-state index < -0.39 is 5.97 Å². The van der Waals surface area contributed by atoms with Gasteiger partial charge in [0.15, 0.2) is 0 Å². The summed E-state index contributed by atoms with van der Waals surface area (Å²) in [6, 6.07) is 15.6. The molecular weight excluding hydrogens is 442 g/mol. The van der Waals surface area contributed by atoms with Crippen LogP contribution in [0.15, 0.2) is 70.2 Å². The van der Waals surface area contributed by atoms with E-state index in [2.05, 4.69) is 0 Å². The summed E-state index contributed by atoms with van der Waals surface area (Å²) in [5.41, 5.74) is 2.77. The zero-order valence-electron chi connectivity index (χ0n) is 18.1. The highest BCUT2D eigenvalue weighted by Gasteiger charge is 2.34. The van der Waals surface area contributed by atoms with Crippen molar-refractivity contribution in [3.63, 3.8) is 0 Å². The lowest BCUT2D eigenvalue weighted by atomic mass is 10.1. The first kappa shape index (κ1) is 22.4. The number of carbonyl (C=O) groups is 3. The normalized spacial score (nSPS) is 14.7. The number of thioether (sulfide) groups is 1. The molecule has 2 aromatic carbocycles. The van der Waals surface area contributed by atoms with Crippen molar-refractivity contribution < 1.29 is 28.3 Å². The fraction of sp³-hybridized carbons (Fsp3) is 0.160. The molecule has 3 aromatic rings. The van der Waals surface area contributed by atoms with E-state index in [-0.39, 0.29) is 30.1 Å². The highest BCUT2D eigenvalue weighted by atomic mass is 32.2. The van der Waals surface area contributed by atoms with Crippen LogP contribution in [-0.2, 0) is 4.79 Å². The Bertz CT molecular complexity index is 1210. The summed E-state index contributed by atoms with van der Waals surface area (Å²) in [4.78, 5) is 38.5. The van der Waals surface area contributed by atoms with Crippen molar-refractivity contribution in [2.24, 2.45) is 0 Å². The molecular formula is C25H21NO6S. The lowest BCUT2D eigenvalue weighted by Crippen LogP contribution is -2.32. The van der Waals surface area contributed by atoms with Crippen LogP contribution in [-0.4, -0.2) is 35.2 Å². The number of hydrogen-bond donors (Lipinski definition) is 0. The average molecular weight is 464 g/mol. The van der Waals surface area contributed by atoms with E-state index in [0.717, 1.165) is 28.6 Å². The van der Waals surface area contributed by atoms with Crippen molar-refractivity contribution in [3.8, 4) is 11.5 Å². The summed E-state index contributed by atoms with van der Waals surface area (Å²) in [6.45, 7) is 4.30. The summed E-state index contributed by atoms with van der Waals surface area (Å²) in [5, 5.41) is -0.334. The van der Waals surface area contributed by atoms with Crippen molar-refractivity contribution in [1.82, 2.24) is 4.90 Å². The molecule has 1 aliphatic heterocycles. The van der Waals surface area contributed by atoms with Crippen LogP contribution in [0.25, 0.3) is 6.08 Å². The maximum Gasteiger partial charge on any atom is 0.379 e. The van der Waals surface area contributed by atoms with Gasteiger partial charge >= 0.3 is 5.97 Å². The molecule has 0 saturated carbocycles. The summed E-state index contributed by atoms with van der Waals surface area (Å²) in [7, 11) is 0. The zero-order chi connectivity index (χ0) is 23.4. The van der Waals surface area contributed by atoms with Gasteiger partial charge in [0.25, 0.3) is 11.1 Å². The van der Waals surface area contributed by atoms with Gasteiger partial charge in [0, 0.05) is 0 Å². The summed E-state index contributed by atoms with van der Waals surface area (Å²) < 4.78 is 16.0. The predicted molar refractivity (Wildman–Crippen MR) is 124 cm³/mol. The molecule has 33 heavy (non-hydrogen) atoms. The Hall–Kier alpha value is -3.78. The van der Waals surface area contributed by atoms with E-state index in [1.165, 1.54) is 17.2 Å². The molecule has 1 aromatic heterocycles. The van der Waals surface area contributed by atoms with E-state index in [1.54, 1.807) is 36.4 Å². The maximum absolute atomic E-state index is 12.7. The van der Waals surface area contributed by atoms with Crippen LogP contribution in [0, 0.1) is 13.8 Å². The molecule has 2 heterocycles. The Morgan fingerprint density at radius 3 is 2.61 bits per heavy atom. The van der Waals surface area contributed by atoms with Crippen molar-refractivity contribution in [2.75, 3.05) is 13.2 Å². The first-order valence-corrected chi connectivity index (χ1v) is 11.0. The number of ether oxygens (including phenoxy) is 2. The van der Waals surface area contributed by atoms with Crippen LogP contribution in [0.2, 0.25) is 0 Å². The Morgan fingerprint density at radius 2 is 1.88 bits per heavy atom. The highest BCUT2D eigenvalue weighted by molar-refractivity contribution is 8.18. The molecule has 1 saturated heterocycles. The standard InChI is InChI=1S/C25H21NO6S/c1-16-5-6-17(2)21(14-16)31-13-11-26-23(27)22(33-25(26)29)15-18-7-9-19(10-8-18)32-24(28)20-4-3-12-30-20/h3-10,12,14-15H,11,13H2,1-2H3/b22-15-. The van der Waals surface area contributed by atoms with Gasteiger partial charge in [-0.3, -0.25) is 14.5 Å². The van der Waals surface area contributed by atoms with E-state index in [1.807, 2.05) is 32.0 Å². The number of esters is 1. The lowest BCUT2D eigenvalue weighted by molar-refractivity contribution is -0.123. The topological polar surface area (TPSA) is 86.0 Å². The molecule has 2 amide bonds. The van der Waals surface area contributed by atoms with Gasteiger partial charge in [-0.15, -0.1) is 0 Å². The maximum atomic E-state index is 12.7. The molecule has 0 aliphatic carbocycles. The number of nitrogens with zero attached hydrogens (tertiary/aromatic N) is 1. The summed E-state index contributed by atoms with van der Waals surface area (Å²) in [6.07, 6.45) is 3.02. The second-order valence-corrected chi connectivity index (χ2v) is 8.38. The number of amides is 2. The molecule has 1 aliphatic rings. The van der Waals surface area contributed by atoms with Gasteiger partial charge in [-0.1, -0.05) is 24.3 Å². The smallest absolute Gasteiger partial charge is 0.379 e. The van der Waals surface area contributed by atoms with Crippen LogP contribution < -0.4 is 9.47 Å². The fourth-order valence-corrected chi connectivity index (χ4v) is 4.00. The lowest BCUT2D eigenvalue weighted by Gasteiger charge is -2.14. The summed E-state index contributed by atoms with van der Waals surface area (Å²) >= 11 is 0.887. The van der Waals surface area contributed by atoms with Gasteiger partial charge in [0.2, 0.25) is 5.76 Å². The van der Waals surface area contributed by atoms with Gasteiger partial charge in [-0.25, -0.2) is 4.79 Å². The molecule has 8 heteroatoms. The van der Waals surface area contributed by atoms with Crippen molar-refractivity contribution >= 4 is 35.0 Å². The SMILES string of the molecule is Cc1ccc(C)c(OCCN2C(=O)S/C(=C\c3ccc(OC(=O)c4ccco4)cc3)C2=O)c1. The molecule has 0 atom stereocenters. The van der Waals surface area contributed by atoms with E-state index in [9.17, 15) is 14.4 Å². The zero-order valence-corrected chi connectivity index (χ0v) is 18.9. The van der Waals surface area contributed by atoms with Crippen molar-refractivity contribution in [3.05, 3.63) is 88.2 Å². The molecule has 0 unspecified atom stereocenters. The molecule has 0 radical (unpaired) electrons. The van der Waals surface area contributed by atoms with Gasteiger partial charge in [-0.05, 0) is 78.7 Å². The number of carbonyl (C=O) groups excluding carboxylic acids is 3. The molecule has 7 nitrogen and oxygen atoms in total. The number of benzene rings is 2. The molecule has 0 spiro atoms. The first-order valence-electron chi connectivity index (χ1n) is 10.2. The molecule has 1 fully saturated rings. The Balaban J connectivity index is 1.36. The number of hydrogen-bond acceptors (Lipinski definition) is 7. The van der Waals surface area contributed by atoms with Gasteiger partial charge < -0.3 is 13.9 Å². The van der Waals surface area contributed by atoms with Crippen LogP contribution in [0.5, 0.6) is 11.5 Å². The van der Waals surface area contributed by atoms with Crippen LogP contribution in [0.4, 0.5) is 4.79 Å². The molecule has 0 bridgehead atoms. The number of rotatable bonds is 7. The Kier molecular flexibility index (Phi) is 6.65. The van der Waals surface area contributed by atoms with Gasteiger partial charge in [0.05, 0.1) is 17.7 Å². The second-order valence-electron chi connectivity index (χ2n) is 7.39. The summed E-state index contributed by atoms with van der Waals surface area (Å²) in [5.74, 6) is 0.227. The first-order chi connectivity index (χ1) is 15.9. The minimum absolute atomic E-state index is 0.106. The second kappa shape index (κ2) is 9.79. The van der Waals surface area contributed by atoms with Gasteiger partial charge in [-0.2, -0.15) is 0 Å². The van der Waals surface area contributed by atoms with Crippen molar-refractivity contribution in [1.29, 1.82) is 0 Å². The molecule has 4 rings (SSSR count). The third kappa shape index (κ3) is 5.35. The van der Waals surface area contributed by atoms with Crippen LogP contribution in [0.1, 0.15) is 27.2 Å². The highest BCUT2D eigenvalue weighted by Crippen LogP contribution is 2.32. The Morgan fingerprint density at radius 1 is 1.09 bits per heavy atom. The van der Waals surface area contributed by atoms with E-state index in [4.69, 9.17) is 13.9 Å². The predicted octanol–water partition coefficient (Wildman–Crippen LogP) is 5.23. The van der Waals surface area contributed by atoms with Gasteiger partial charge in [0.1, 0.15) is 18.1 Å². The fourth-order valence-electron chi connectivity index (χ4n) is 3.14. The van der Waals surface area contributed by atoms with Crippen LogP contribution in [0.3, 0.4) is 0 Å². The average Bonchev–Trinajstić information content (AvgIpc) is 3.42. The minimum Gasteiger partial charge on any atom is -0.491 e. The number of aryl methyl sites for hydroxylation is 2. The molecule has 168 valence electrons. The van der Waals surface area contributed by atoms with Crippen LogP contribution >= 0.6 is 11.8 Å². The monoisotopic (exact) mass is 463 g/mol. The molecule has 0 N–H and O–H groups in total. The quantitative estimate of drug-likeness (QED) is 0.269. The minimum atomic E-state index is -0.600. The van der Waals surface area contributed by atoms with E-state index >= 15 is 0 Å².